The molecule has 7 nitrogen and oxygen atoms in total. The van der Waals surface area contributed by atoms with Crippen molar-refractivity contribution in [1.82, 2.24) is 9.80 Å². The van der Waals surface area contributed by atoms with Gasteiger partial charge in [-0.15, -0.1) is 0 Å². The van der Waals surface area contributed by atoms with Gasteiger partial charge < -0.3 is 14.6 Å². The number of para-hydroxylation sites is 1. The molecule has 0 aliphatic carbocycles. The summed E-state index contributed by atoms with van der Waals surface area (Å²) in [6.45, 7) is 2.53. The Labute approximate surface area is 145 Å². The fourth-order valence-corrected chi connectivity index (χ4v) is 2.75. The van der Waals surface area contributed by atoms with E-state index in [0.29, 0.717) is 43.2 Å². The van der Waals surface area contributed by atoms with Gasteiger partial charge in [0.15, 0.2) is 5.76 Å². The largest absolute Gasteiger partial charge is 0.459 e. The summed E-state index contributed by atoms with van der Waals surface area (Å²) in [5.41, 5.74) is 0.950. The molecule has 1 aliphatic rings. The van der Waals surface area contributed by atoms with Crippen LogP contribution in [0.15, 0.2) is 47.1 Å². The summed E-state index contributed by atoms with van der Waals surface area (Å²) >= 11 is 0. The van der Waals surface area contributed by atoms with E-state index >= 15 is 0 Å². The third-order valence-electron chi connectivity index (χ3n) is 4.08. The number of nitriles is 1. The third kappa shape index (κ3) is 4.05. The van der Waals surface area contributed by atoms with Gasteiger partial charge in [0.05, 0.1) is 24.1 Å². The van der Waals surface area contributed by atoms with E-state index in [2.05, 4.69) is 11.4 Å². The molecule has 0 bridgehead atoms. The lowest BCUT2D eigenvalue weighted by molar-refractivity contribution is -0.117. The predicted octanol–water partition coefficient (Wildman–Crippen LogP) is 1.55. The number of anilines is 1. The Balaban J connectivity index is 1.50. The number of rotatable bonds is 4. The third-order valence-corrected chi connectivity index (χ3v) is 4.08. The zero-order chi connectivity index (χ0) is 17.6. The molecule has 2 aromatic rings. The molecule has 2 heterocycles. The van der Waals surface area contributed by atoms with Crippen LogP contribution in [0.5, 0.6) is 0 Å². The minimum atomic E-state index is -0.173. The average molecular weight is 338 g/mol. The lowest BCUT2D eigenvalue weighted by Gasteiger charge is -2.33. The van der Waals surface area contributed by atoms with Gasteiger partial charge in [-0.3, -0.25) is 14.5 Å². The zero-order valence-corrected chi connectivity index (χ0v) is 13.6. The van der Waals surface area contributed by atoms with Gasteiger partial charge in [0.2, 0.25) is 5.91 Å². The van der Waals surface area contributed by atoms with Crippen LogP contribution in [0.2, 0.25) is 0 Å². The molecule has 0 unspecified atom stereocenters. The van der Waals surface area contributed by atoms with Gasteiger partial charge in [0.25, 0.3) is 5.91 Å². The molecule has 1 saturated heterocycles. The summed E-state index contributed by atoms with van der Waals surface area (Å²) in [5, 5.41) is 11.8. The van der Waals surface area contributed by atoms with Crippen molar-refractivity contribution in [3.05, 3.63) is 54.0 Å². The van der Waals surface area contributed by atoms with Gasteiger partial charge in [-0.05, 0) is 24.3 Å². The molecule has 1 aliphatic heterocycles. The molecule has 128 valence electrons. The maximum Gasteiger partial charge on any atom is 0.289 e. The Morgan fingerprint density at radius 3 is 2.56 bits per heavy atom. The first-order valence-corrected chi connectivity index (χ1v) is 8.01. The van der Waals surface area contributed by atoms with Crippen LogP contribution in [-0.2, 0) is 4.79 Å². The number of piperazine rings is 1. The van der Waals surface area contributed by atoms with E-state index in [9.17, 15) is 9.59 Å². The molecule has 1 N–H and O–H groups in total. The molecule has 7 heteroatoms. The number of benzene rings is 1. The number of hydrogen-bond acceptors (Lipinski definition) is 5. The summed E-state index contributed by atoms with van der Waals surface area (Å²) in [4.78, 5) is 28.1. The van der Waals surface area contributed by atoms with Gasteiger partial charge in [0.1, 0.15) is 6.07 Å². The van der Waals surface area contributed by atoms with Gasteiger partial charge >= 0.3 is 0 Å². The van der Waals surface area contributed by atoms with E-state index in [-0.39, 0.29) is 18.4 Å². The number of nitrogens with one attached hydrogen (secondary N) is 1. The normalized spacial score (nSPS) is 14.8. The van der Waals surface area contributed by atoms with Crippen LogP contribution in [-0.4, -0.2) is 54.3 Å². The summed E-state index contributed by atoms with van der Waals surface area (Å²) in [6, 6.07) is 12.3. The van der Waals surface area contributed by atoms with Crippen LogP contribution in [0.3, 0.4) is 0 Å². The number of carbonyl (C=O) groups excluding carboxylic acids is 2. The molecule has 25 heavy (non-hydrogen) atoms. The molecule has 0 spiro atoms. The highest BCUT2D eigenvalue weighted by molar-refractivity contribution is 5.93. The van der Waals surface area contributed by atoms with Crippen LogP contribution < -0.4 is 5.32 Å². The smallest absolute Gasteiger partial charge is 0.289 e. The number of carbonyl (C=O) groups is 2. The highest BCUT2D eigenvalue weighted by Crippen LogP contribution is 2.14. The second-order valence-corrected chi connectivity index (χ2v) is 5.75. The number of hydrogen-bond donors (Lipinski definition) is 1. The van der Waals surface area contributed by atoms with E-state index < -0.39 is 0 Å². The van der Waals surface area contributed by atoms with E-state index in [0.717, 1.165) is 0 Å². The minimum Gasteiger partial charge on any atom is -0.459 e. The Morgan fingerprint density at radius 2 is 1.88 bits per heavy atom. The Kier molecular flexibility index (Phi) is 5.11. The standard InChI is InChI=1S/C18H18N4O3/c19-12-14-4-1-2-5-15(14)20-17(23)13-21-7-9-22(10-8-21)18(24)16-6-3-11-25-16/h1-6,11H,7-10,13H2,(H,20,23). The zero-order valence-electron chi connectivity index (χ0n) is 13.6. The van der Waals surface area contributed by atoms with Gasteiger partial charge in [-0.2, -0.15) is 5.26 Å². The fourth-order valence-electron chi connectivity index (χ4n) is 2.75. The molecule has 1 fully saturated rings. The van der Waals surface area contributed by atoms with Crippen LogP contribution in [0.25, 0.3) is 0 Å². The van der Waals surface area contributed by atoms with Crippen LogP contribution in [0.1, 0.15) is 16.1 Å². The van der Waals surface area contributed by atoms with Crippen molar-refractivity contribution in [2.45, 2.75) is 0 Å². The van der Waals surface area contributed by atoms with E-state index in [1.165, 1.54) is 6.26 Å². The monoisotopic (exact) mass is 338 g/mol. The lowest BCUT2D eigenvalue weighted by atomic mass is 10.2. The van der Waals surface area contributed by atoms with Crippen molar-refractivity contribution >= 4 is 17.5 Å². The number of furan rings is 1. The van der Waals surface area contributed by atoms with Gasteiger partial charge in [-0.1, -0.05) is 12.1 Å². The summed E-state index contributed by atoms with van der Waals surface area (Å²) in [6.07, 6.45) is 1.48. The van der Waals surface area contributed by atoms with Crippen LogP contribution in [0, 0.1) is 11.3 Å². The average Bonchev–Trinajstić information content (AvgIpc) is 3.17. The molecule has 1 aromatic heterocycles. The molecular weight excluding hydrogens is 320 g/mol. The van der Waals surface area contributed by atoms with Crippen molar-refractivity contribution in [1.29, 1.82) is 5.26 Å². The Bertz CT molecular complexity index is 787. The quantitative estimate of drug-likeness (QED) is 0.913. The lowest BCUT2D eigenvalue weighted by Crippen LogP contribution is -2.50. The molecule has 0 saturated carbocycles. The predicted molar refractivity (Wildman–Crippen MR) is 90.8 cm³/mol. The van der Waals surface area contributed by atoms with Crippen LogP contribution >= 0.6 is 0 Å². The Morgan fingerprint density at radius 1 is 1.12 bits per heavy atom. The van der Waals surface area contributed by atoms with Crippen molar-refractivity contribution in [2.24, 2.45) is 0 Å². The highest BCUT2D eigenvalue weighted by Gasteiger charge is 2.24. The molecule has 3 rings (SSSR count). The topological polar surface area (TPSA) is 89.6 Å². The van der Waals surface area contributed by atoms with E-state index in [1.807, 2.05) is 4.90 Å². The van der Waals surface area contributed by atoms with Gasteiger partial charge in [-0.25, -0.2) is 0 Å². The van der Waals surface area contributed by atoms with Crippen molar-refractivity contribution in [2.75, 3.05) is 38.0 Å². The molecule has 1 aromatic carbocycles. The summed E-state index contributed by atoms with van der Waals surface area (Å²) in [7, 11) is 0. The second-order valence-electron chi connectivity index (χ2n) is 5.75. The SMILES string of the molecule is N#Cc1ccccc1NC(=O)CN1CCN(C(=O)c2ccco2)CC1. The molecule has 2 amide bonds. The first-order chi connectivity index (χ1) is 12.2. The fraction of sp³-hybridized carbons (Fsp3) is 0.278. The van der Waals surface area contributed by atoms with Crippen molar-refractivity contribution in [3.63, 3.8) is 0 Å². The van der Waals surface area contributed by atoms with E-state index in [1.54, 1.807) is 41.3 Å². The maximum absolute atomic E-state index is 12.2. The number of nitrogens with zero attached hydrogens (tertiary/aromatic N) is 3. The van der Waals surface area contributed by atoms with Crippen molar-refractivity contribution in [3.8, 4) is 6.07 Å². The maximum atomic E-state index is 12.2. The number of amides is 2. The first-order valence-electron chi connectivity index (χ1n) is 8.01. The summed E-state index contributed by atoms with van der Waals surface area (Å²) in [5.74, 6) is 0.0323. The second kappa shape index (κ2) is 7.64. The van der Waals surface area contributed by atoms with Gasteiger partial charge in [0, 0.05) is 26.2 Å². The molecular formula is C18H18N4O3. The summed E-state index contributed by atoms with van der Waals surface area (Å²) < 4.78 is 5.13. The minimum absolute atomic E-state index is 0.128. The highest BCUT2D eigenvalue weighted by atomic mass is 16.3. The van der Waals surface area contributed by atoms with E-state index in [4.69, 9.17) is 9.68 Å². The van der Waals surface area contributed by atoms with Crippen LogP contribution in [0.4, 0.5) is 5.69 Å². The first kappa shape index (κ1) is 16.7. The Hall–Kier alpha value is -3.11. The van der Waals surface area contributed by atoms with Crippen molar-refractivity contribution < 1.29 is 14.0 Å². The molecule has 0 radical (unpaired) electrons. The molecule has 0 atom stereocenters.